The Labute approximate surface area is 125 Å². The van der Waals surface area contributed by atoms with Crippen LogP contribution in [0.1, 0.15) is 45.4 Å². The van der Waals surface area contributed by atoms with Gasteiger partial charge in [0.15, 0.2) is 0 Å². The molecule has 0 aromatic heterocycles. The standard InChI is InChI=1S/C16H25N3O2/c1-10(14(20)19-3-2-17-15(19)21)18-16-7-11-4-12(8-16)6-13(5-11)9-16/h10-13,18H,2-9H2,1H3,(H,17,21)/t10-,11?,12?,13?,16?/m0/s1. The Hall–Kier alpha value is -1.10. The molecule has 0 radical (unpaired) electrons. The third-order valence-electron chi connectivity index (χ3n) is 6.05. The van der Waals surface area contributed by atoms with Crippen molar-refractivity contribution in [2.75, 3.05) is 13.1 Å². The molecule has 4 saturated carbocycles. The minimum atomic E-state index is -0.259. The number of hydrogen-bond acceptors (Lipinski definition) is 3. The average molecular weight is 291 g/mol. The van der Waals surface area contributed by atoms with Gasteiger partial charge in [-0.15, -0.1) is 0 Å². The number of rotatable bonds is 3. The lowest BCUT2D eigenvalue weighted by Gasteiger charge is -2.57. The highest BCUT2D eigenvalue weighted by Gasteiger charge is 2.51. The number of amides is 3. The zero-order valence-corrected chi connectivity index (χ0v) is 12.7. The zero-order valence-electron chi connectivity index (χ0n) is 12.7. The summed E-state index contributed by atoms with van der Waals surface area (Å²) in [7, 11) is 0. The fourth-order valence-electron chi connectivity index (χ4n) is 5.72. The predicted octanol–water partition coefficient (Wildman–Crippen LogP) is 1.49. The van der Waals surface area contributed by atoms with Gasteiger partial charge >= 0.3 is 6.03 Å². The summed E-state index contributed by atoms with van der Waals surface area (Å²) in [4.78, 5) is 25.5. The first kappa shape index (κ1) is 13.6. The van der Waals surface area contributed by atoms with Gasteiger partial charge in [0, 0.05) is 18.6 Å². The summed E-state index contributed by atoms with van der Waals surface area (Å²) in [5.74, 6) is 2.52. The van der Waals surface area contributed by atoms with Crippen molar-refractivity contribution in [1.82, 2.24) is 15.5 Å². The molecular formula is C16H25N3O2. The summed E-state index contributed by atoms with van der Waals surface area (Å²) < 4.78 is 0. The van der Waals surface area contributed by atoms with E-state index >= 15 is 0 Å². The van der Waals surface area contributed by atoms with Crippen molar-refractivity contribution in [2.45, 2.75) is 57.0 Å². The summed E-state index contributed by atoms with van der Waals surface area (Å²) >= 11 is 0. The van der Waals surface area contributed by atoms with Crippen LogP contribution in [0.4, 0.5) is 4.79 Å². The van der Waals surface area contributed by atoms with Crippen LogP contribution in [0, 0.1) is 17.8 Å². The van der Waals surface area contributed by atoms with Crippen molar-refractivity contribution >= 4 is 11.9 Å². The largest absolute Gasteiger partial charge is 0.336 e. The van der Waals surface area contributed by atoms with Crippen LogP contribution in [0.25, 0.3) is 0 Å². The van der Waals surface area contributed by atoms with Crippen LogP contribution in [0.2, 0.25) is 0 Å². The van der Waals surface area contributed by atoms with Crippen LogP contribution in [0.15, 0.2) is 0 Å². The van der Waals surface area contributed by atoms with Gasteiger partial charge in [-0.25, -0.2) is 4.79 Å². The number of urea groups is 1. The Balaban J connectivity index is 1.45. The van der Waals surface area contributed by atoms with Crippen LogP contribution in [0.3, 0.4) is 0 Å². The Bertz CT molecular complexity index is 441. The quantitative estimate of drug-likeness (QED) is 0.828. The van der Waals surface area contributed by atoms with Crippen molar-refractivity contribution < 1.29 is 9.59 Å². The third kappa shape index (κ3) is 2.26. The molecule has 2 N–H and O–H groups in total. The first-order valence-corrected chi connectivity index (χ1v) is 8.41. The van der Waals surface area contributed by atoms with E-state index in [1.807, 2.05) is 6.92 Å². The maximum absolute atomic E-state index is 12.5. The maximum atomic E-state index is 12.5. The zero-order chi connectivity index (χ0) is 14.6. The first-order chi connectivity index (χ1) is 10.0. The average Bonchev–Trinajstić information content (AvgIpc) is 2.81. The van der Waals surface area contributed by atoms with E-state index < -0.39 is 0 Å². The van der Waals surface area contributed by atoms with E-state index in [1.54, 1.807) is 0 Å². The summed E-state index contributed by atoms with van der Waals surface area (Å²) in [6.07, 6.45) is 7.88. The molecule has 3 amide bonds. The number of carbonyl (C=O) groups excluding carboxylic acids is 2. The number of imide groups is 1. The molecule has 4 aliphatic carbocycles. The molecule has 116 valence electrons. The van der Waals surface area contributed by atoms with Gasteiger partial charge in [-0.1, -0.05) is 0 Å². The van der Waals surface area contributed by atoms with Crippen molar-refractivity contribution in [3.8, 4) is 0 Å². The van der Waals surface area contributed by atoms with Gasteiger partial charge in [0.25, 0.3) is 0 Å². The molecule has 5 aliphatic rings. The molecule has 0 aromatic rings. The third-order valence-corrected chi connectivity index (χ3v) is 6.05. The van der Waals surface area contributed by atoms with E-state index in [9.17, 15) is 9.59 Å². The van der Waals surface area contributed by atoms with Crippen LogP contribution in [0.5, 0.6) is 0 Å². The van der Waals surface area contributed by atoms with Crippen molar-refractivity contribution in [1.29, 1.82) is 0 Å². The van der Waals surface area contributed by atoms with Crippen molar-refractivity contribution in [3.05, 3.63) is 0 Å². The highest BCUT2D eigenvalue weighted by molar-refractivity contribution is 5.98. The number of nitrogens with one attached hydrogen (secondary N) is 2. The summed E-state index contributed by atoms with van der Waals surface area (Å²) in [5.41, 5.74) is 0.167. The highest BCUT2D eigenvalue weighted by Crippen LogP contribution is 2.55. The second-order valence-corrected chi connectivity index (χ2v) is 7.79. The van der Waals surface area contributed by atoms with E-state index in [4.69, 9.17) is 0 Å². The highest BCUT2D eigenvalue weighted by atomic mass is 16.2. The number of nitrogens with zero attached hydrogens (tertiary/aromatic N) is 1. The van der Waals surface area contributed by atoms with E-state index in [0.29, 0.717) is 13.1 Å². The predicted molar refractivity (Wildman–Crippen MR) is 78.6 cm³/mol. The van der Waals surface area contributed by atoms with Crippen molar-refractivity contribution in [2.24, 2.45) is 17.8 Å². The molecule has 1 heterocycles. The van der Waals surface area contributed by atoms with Gasteiger partial charge in [-0.05, 0) is 63.2 Å². The van der Waals surface area contributed by atoms with E-state index in [-0.39, 0.29) is 23.5 Å². The molecule has 0 aromatic carbocycles. The molecule has 5 rings (SSSR count). The molecule has 0 spiro atoms. The van der Waals surface area contributed by atoms with Crippen LogP contribution >= 0.6 is 0 Å². The molecule has 5 nitrogen and oxygen atoms in total. The minimum absolute atomic E-state index is 0.0688. The molecule has 5 heteroatoms. The van der Waals surface area contributed by atoms with E-state index in [0.717, 1.165) is 17.8 Å². The summed E-state index contributed by atoms with van der Waals surface area (Å²) in [6.45, 7) is 3.01. The normalized spacial score (nSPS) is 42.2. The van der Waals surface area contributed by atoms with E-state index in [2.05, 4.69) is 10.6 Å². The van der Waals surface area contributed by atoms with Crippen LogP contribution in [-0.4, -0.2) is 41.5 Å². The Morgan fingerprint density at radius 3 is 2.29 bits per heavy atom. The molecule has 1 aliphatic heterocycles. The van der Waals surface area contributed by atoms with Gasteiger partial charge in [0.2, 0.25) is 5.91 Å². The molecule has 1 saturated heterocycles. The Morgan fingerprint density at radius 1 is 1.24 bits per heavy atom. The maximum Gasteiger partial charge on any atom is 0.324 e. The van der Waals surface area contributed by atoms with Gasteiger partial charge < -0.3 is 10.6 Å². The van der Waals surface area contributed by atoms with Gasteiger partial charge in [0.05, 0.1) is 6.04 Å². The second kappa shape index (κ2) is 4.70. The lowest BCUT2D eigenvalue weighted by Crippen LogP contribution is -2.62. The lowest BCUT2D eigenvalue weighted by molar-refractivity contribution is -0.131. The number of hydrogen-bond donors (Lipinski definition) is 2. The topological polar surface area (TPSA) is 61.4 Å². The second-order valence-electron chi connectivity index (χ2n) is 7.79. The molecular weight excluding hydrogens is 266 g/mol. The fraction of sp³-hybridized carbons (Fsp3) is 0.875. The molecule has 4 bridgehead atoms. The fourth-order valence-corrected chi connectivity index (χ4v) is 5.72. The SMILES string of the molecule is C[C@H](NC12CC3CC(CC(C3)C1)C2)C(=O)N1CCNC1=O. The first-order valence-electron chi connectivity index (χ1n) is 8.41. The monoisotopic (exact) mass is 291 g/mol. The molecule has 1 atom stereocenters. The smallest absolute Gasteiger partial charge is 0.324 e. The van der Waals surface area contributed by atoms with Gasteiger partial charge in [-0.3, -0.25) is 9.69 Å². The van der Waals surface area contributed by atoms with Gasteiger partial charge in [-0.2, -0.15) is 0 Å². The number of carbonyl (C=O) groups is 2. The van der Waals surface area contributed by atoms with Crippen molar-refractivity contribution in [3.63, 3.8) is 0 Å². The molecule has 5 fully saturated rings. The molecule has 0 unspecified atom stereocenters. The molecule has 21 heavy (non-hydrogen) atoms. The van der Waals surface area contributed by atoms with E-state index in [1.165, 1.54) is 43.4 Å². The van der Waals surface area contributed by atoms with Gasteiger partial charge in [0.1, 0.15) is 0 Å². The Morgan fingerprint density at radius 2 is 1.81 bits per heavy atom. The van der Waals surface area contributed by atoms with Crippen LogP contribution < -0.4 is 10.6 Å². The minimum Gasteiger partial charge on any atom is -0.336 e. The summed E-state index contributed by atoms with van der Waals surface area (Å²) in [5, 5.41) is 6.35. The summed E-state index contributed by atoms with van der Waals surface area (Å²) in [6, 6.07) is -0.496. The van der Waals surface area contributed by atoms with Crippen LogP contribution in [-0.2, 0) is 4.79 Å². The lowest BCUT2D eigenvalue weighted by atomic mass is 9.53. The Kier molecular flexibility index (Phi) is 3.03.